The topological polar surface area (TPSA) is 69.6 Å². The average Bonchev–Trinajstić information content (AvgIpc) is 2.34. The molecule has 2 amide bonds. The first-order valence-corrected chi connectivity index (χ1v) is 6.15. The molecule has 0 aliphatic carbocycles. The SMILES string of the molecule is CCN(CCC(=O)O)C(=O)Nc1c(F)cc(F)cc1Cl. The Balaban J connectivity index is 2.81. The molecule has 0 radical (unpaired) electrons. The van der Waals surface area contributed by atoms with Gasteiger partial charge in [-0.2, -0.15) is 0 Å². The highest BCUT2D eigenvalue weighted by atomic mass is 35.5. The molecule has 110 valence electrons. The summed E-state index contributed by atoms with van der Waals surface area (Å²) in [6, 6.07) is 0.754. The number of carboxylic acids is 1. The van der Waals surface area contributed by atoms with E-state index in [0.29, 0.717) is 6.07 Å². The van der Waals surface area contributed by atoms with Crippen LogP contribution >= 0.6 is 11.6 Å². The molecule has 0 spiro atoms. The van der Waals surface area contributed by atoms with Crippen LogP contribution < -0.4 is 5.32 Å². The molecule has 0 unspecified atom stereocenters. The quantitative estimate of drug-likeness (QED) is 0.878. The Morgan fingerprint density at radius 1 is 1.40 bits per heavy atom. The maximum Gasteiger partial charge on any atom is 0.321 e. The highest BCUT2D eigenvalue weighted by Gasteiger charge is 2.17. The lowest BCUT2D eigenvalue weighted by Gasteiger charge is -2.21. The number of aliphatic carboxylic acids is 1. The highest BCUT2D eigenvalue weighted by molar-refractivity contribution is 6.33. The van der Waals surface area contributed by atoms with Crippen molar-refractivity contribution in [1.82, 2.24) is 4.90 Å². The monoisotopic (exact) mass is 306 g/mol. The number of hydrogen-bond donors (Lipinski definition) is 2. The van der Waals surface area contributed by atoms with Gasteiger partial charge in [0.25, 0.3) is 0 Å². The number of hydrogen-bond acceptors (Lipinski definition) is 2. The van der Waals surface area contributed by atoms with Crippen molar-refractivity contribution < 1.29 is 23.5 Å². The molecular formula is C12H13ClF2N2O3. The van der Waals surface area contributed by atoms with Gasteiger partial charge < -0.3 is 15.3 Å². The molecule has 2 N–H and O–H groups in total. The number of benzene rings is 1. The Bertz CT molecular complexity index is 502. The van der Waals surface area contributed by atoms with E-state index in [9.17, 15) is 18.4 Å². The first-order valence-electron chi connectivity index (χ1n) is 5.77. The lowest BCUT2D eigenvalue weighted by molar-refractivity contribution is -0.137. The summed E-state index contributed by atoms with van der Waals surface area (Å²) in [6.07, 6.45) is -0.235. The third-order valence-corrected chi connectivity index (χ3v) is 2.80. The summed E-state index contributed by atoms with van der Waals surface area (Å²) in [4.78, 5) is 23.5. The van der Waals surface area contributed by atoms with Gasteiger partial charge in [-0.05, 0) is 13.0 Å². The van der Waals surface area contributed by atoms with Gasteiger partial charge >= 0.3 is 12.0 Å². The predicted octanol–water partition coefficient (Wildman–Crippen LogP) is 2.95. The van der Waals surface area contributed by atoms with Crippen LogP contribution in [0.3, 0.4) is 0 Å². The molecule has 0 fully saturated rings. The first-order chi connectivity index (χ1) is 9.35. The molecule has 5 nitrogen and oxygen atoms in total. The second-order valence-electron chi connectivity index (χ2n) is 3.90. The van der Waals surface area contributed by atoms with Crippen molar-refractivity contribution in [2.45, 2.75) is 13.3 Å². The Hall–Kier alpha value is -1.89. The minimum absolute atomic E-state index is 0.0297. The molecule has 0 saturated carbocycles. The number of urea groups is 1. The molecule has 0 aliphatic heterocycles. The number of nitrogens with one attached hydrogen (secondary N) is 1. The van der Waals surface area contributed by atoms with Crippen LogP contribution in [-0.4, -0.2) is 35.1 Å². The largest absolute Gasteiger partial charge is 0.481 e. The summed E-state index contributed by atoms with van der Waals surface area (Å²) in [5.74, 6) is -2.91. The van der Waals surface area contributed by atoms with Gasteiger partial charge in [0.1, 0.15) is 5.82 Å². The van der Waals surface area contributed by atoms with Crippen LogP contribution in [0.2, 0.25) is 5.02 Å². The van der Waals surface area contributed by atoms with Crippen molar-refractivity contribution in [2.24, 2.45) is 0 Å². The van der Waals surface area contributed by atoms with Crippen LogP contribution in [0.1, 0.15) is 13.3 Å². The van der Waals surface area contributed by atoms with Crippen molar-refractivity contribution in [3.8, 4) is 0 Å². The van der Waals surface area contributed by atoms with Gasteiger partial charge in [0, 0.05) is 19.2 Å². The number of carbonyl (C=O) groups excluding carboxylic acids is 1. The van der Waals surface area contributed by atoms with Crippen molar-refractivity contribution >= 4 is 29.3 Å². The fourth-order valence-electron chi connectivity index (χ4n) is 1.48. The van der Waals surface area contributed by atoms with E-state index in [2.05, 4.69) is 5.32 Å². The third-order valence-electron chi connectivity index (χ3n) is 2.50. The second-order valence-corrected chi connectivity index (χ2v) is 4.31. The van der Waals surface area contributed by atoms with E-state index in [1.807, 2.05) is 0 Å². The fraction of sp³-hybridized carbons (Fsp3) is 0.333. The maximum atomic E-state index is 13.5. The molecule has 0 heterocycles. The summed E-state index contributed by atoms with van der Waals surface area (Å²) < 4.78 is 26.4. The van der Waals surface area contributed by atoms with E-state index in [1.165, 1.54) is 4.90 Å². The van der Waals surface area contributed by atoms with Crippen LogP contribution in [0, 0.1) is 11.6 Å². The van der Waals surface area contributed by atoms with Crippen LogP contribution in [0.15, 0.2) is 12.1 Å². The zero-order valence-electron chi connectivity index (χ0n) is 10.6. The van der Waals surface area contributed by atoms with Crippen molar-refractivity contribution in [1.29, 1.82) is 0 Å². The molecule has 0 bridgehead atoms. The number of halogens is 3. The molecule has 8 heteroatoms. The Kier molecular flexibility index (Phi) is 5.69. The molecule has 0 aromatic heterocycles. The number of amides is 2. The predicted molar refractivity (Wildman–Crippen MR) is 69.9 cm³/mol. The summed E-state index contributed by atoms with van der Waals surface area (Å²) in [7, 11) is 0. The molecular weight excluding hydrogens is 294 g/mol. The number of rotatable bonds is 5. The second kappa shape index (κ2) is 7.04. The smallest absolute Gasteiger partial charge is 0.321 e. The van der Waals surface area contributed by atoms with Crippen molar-refractivity contribution in [3.05, 3.63) is 28.8 Å². The average molecular weight is 307 g/mol. The van der Waals surface area contributed by atoms with E-state index in [-0.39, 0.29) is 30.2 Å². The number of anilines is 1. The first kappa shape index (κ1) is 16.2. The summed E-state index contributed by atoms with van der Waals surface area (Å²) in [5.41, 5.74) is -0.341. The van der Waals surface area contributed by atoms with E-state index in [4.69, 9.17) is 16.7 Å². The van der Waals surface area contributed by atoms with E-state index < -0.39 is 23.6 Å². The van der Waals surface area contributed by atoms with Gasteiger partial charge in [-0.15, -0.1) is 0 Å². The Morgan fingerprint density at radius 2 is 2.05 bits per heavy atom. The molecule has 0 atom stereocenters. The van der Waals surface area contributed by atoms with Gasteiger partial charge in [0.15, 0.2) is 5.82 Å². The molecule has 1 aromatic rings. The van der Waals surface area contributed by atoms with Crippen molar-refractivity contribution in [3.63, 3.8) is 0 Å². The lowest BCUT2D eigenvalue weighted by atomic mass is 10.3. The number of carbonyl (C=O) groups is 2. The van der Waals surface area contributed by atoms with Crippen LogP contribution in [-0.2, 0) is 4.79 Å². The maximum absolute atomic E-state index is 13.5. The molecule has 0 saturated heterocycles. The minimum Gasteiger partial charge on any atom is -0.481 e. The number of carboxylic acid groups (broad SMARTS) is 1. The Labute approximate surface area is 119 Å². The van der Waals surface area contributed by atoms with Gasteiger partial charge in [0.05, 0.1) is 17.1 Å². The van der Waals surface area contributed by atoms with Gasteiger partial charge in [-0.3, -0.25) is 4.79 Å². The van der Waals surface area contributed by atoms with Crippen LogP contribution in [0.5, 0.6) is 0 Å². The highest BCUT2D eigenvalue weighted by Crippen LogP contribution is 2.26. The minimum atomic E-state index is -1.05. The summed E-state index contributed by atoms with van der Waals surface area (Å²) >= 11 is 5.65. The fourth-order valence-corrected chi connectivity index (χ4v) is 1.72. The van der Waals surface area contributed by atoms with E-state index >= 15 is 0 Å². The van der Waals surface area contributed by atoms with Gasteiger partial charge in [0.2, 0.25) is 0 Å². The Morgan fingerprint density at radius 3 is 2.55 bits per heavy atom. The zero-order valence-corrected chi connectivity index (χ0v) is 11.4. The molecule has 0 aliphatic rings. The van der Waals surface area contributed by atoms with Crippen molar-refractivity contribution in [2.75, 3.05) is 18.4 Å². The van der Waals surface area contributed by atoms with Gasteiger partial charge in [-0.1, -0.05) is 11.6 Å². The molecule has 1 aromatic carbocycles. The lowest BCUT2D eigenvalue weighted by Crippen LogP contribution is -2.36. The zero-order chi connectivity index (χ0) is 15.3. The normalized spacial score (nSPS) is 10.2. The van der Waals surface area contributed by atoms with E-state index in [1.54, 1.807) is 6.92 Å². The molecule has 20 heavy (non-hydrogen) atoms. The van der Waals surface area contributed by atoms with Gasteiger partial charge in [-0.25, -0.2) is 13.6 Å². The van der Waals surface area contributed by atoms with Crippen LogP contribution in [0.4, 0.5) is 19.3 Å². The summed E-state index contributed by atoms with van der Waals surface area (Å²) in [5, 5.41) is 10.5. The summed E-state index contributed by atoms with van der Waals surface area (Å²) in [6.45, 7) is 1.85. The van der Waals surface area contributed by atoms with E-state index in [0.717, 1.165) is 6.07 Å². The molecule has 1 rings (SSSR count). The third kappa shape index (κ3) is 4.34. The standard InChI is InChI=1S/C12H13ClF2N2O3/c1-2-17(4-3-10(18)19)12(20)16-11-8(13)5-7(14)6-9(11)15/h5-6H,2-4H2,1H3,(H,16,20)(H,18,19). The number of nitrogens with zero attached hydrogens (tertiary/aromatic N) is 1. The van der Waals surface area contributed by atoms with Crippen LogP contribution in [0.25, 0.3) is 0 Å².